The lowest BCUT2D eigenvalue weighted by Crippen LogP contribution is -2.29. The molecule has 0 aliphatic carbocycles. The van der Waals surface area contributed by atoms with Crippen molar-refractivity contribution < 1.29 is 4.79 Å². The summed E-state index contributed by atoms with van der Waals surface area (Å²) in [5.74, 6) is -0.287. The molecule has 1 N–H and O–H groups in total. The summed E-state index contributed by atoms with van der Waals surface area (Å²) in [5, 5.41) is 8.21. The Hall–Kier alpha value is -3.15. The van der Waals surface area contributed by atoms with Crippen molar-refractivity contribution >= 4 is 28.1 Å². The summed E-state index contributed by atoms with van der Waals surface area (Å²) in [4.78, 5) is 26.9. The van der Waals surface area contributed by atoms with Gasteiger partial charge in [-0.2, -0.15) is 5.10 Å². The summed E-state index contributed by atoms with van der Waals surface area (Å²) >= 11 is 0. The summed E-state index contributed by atoms with van der Waals surface area (Å²) in [6, 6.07) is 14.9. The van der Waals surface area contributed by atoms with E-state index >= 15 is 0 Å². The molecular formula is C20H22N4O2. The molecule has 0 bridgehead atoms. The Labute approximate surface area is 152 Å². The van der Waals surface area contributed by atoms with Gasteiger partial charge in [0.1, 0.15) is 6.54 Å². The lowest BCUT2D eigenvalue weighted by atomic mass is 10.2. The molecular weight excluding hydrogens is 328 g/mol. The molecule has 0 saturated heterocycles. The second-order valence-corrected chi connectivity index (χ2v) is 5.96. The minimum atomic E-state index is -0.287. The van der Waals surface area contributed by atoms with Crippen LogP contribution in [0.25, 0.3) is 10.8 Å². The summed E-state index contributed by atoms with van der Waals surface area (Å²) in [7, 11) is 0. The summed E-state index contributed by atoms with van der Waals surface area (Å²) in [6.45, 7) is 5.94. The number of amides is 1. The normalized spacial score (nSPS) is 10.7. The van der Waals surface area contributed by atoms with Crippen molar-refractivity contribution in [1.82, 2.24) is 9.78 Å². The van der Waals surface area contributed by atoms with E-state index in [0.29, 0.717) is 11.1 Å². The van der Waals surface area contributed by atoms with Crippen LogP contribution in [-0.4, -0.2) is 28.8 Å². The fourth-order valence-electron chi connectivity index (χ4n) is 2.92. The van der Waals surface area contributed by atoms with Crippen molar-refractivity contribution in [2.45, 2.75) is 20.4 Å². The quantitative estimate of drug-likeness (QED) is 0.742. The highest BCUT2D eigenvalue weighted by molar-refractivity contribution is 5.91. The number of nitrogens with zero attached hydrogens (tertiary/aromatic N) is 3. The third kappa shape index (κ3) is 3.74. The van der Waals surface area contributed by atoms with E-state index in [-0.39, 0.29) is 18.0 Å². The lowest BCUT2D eigenvalue weighted by Gasteiger charge is -2.21. The molecule has 1 heterocycles. The first kappa shape index (κ1) is 17.7. The molecule has 26 heavy (non-hydrogen) atoms. The van der Waals surface area contributed by atoms with Crippen LogP contribution in [0.1, 0.15) is 13.8 Å². The molecule has 6 nitrogen and oxygen atoms in total. The van der Waals surface area contributed by atoms with Gasteiger partial charge in [-0.3, -0.25) is 9.59 Å². The molecule has 0 unspecified atom stereocenters. The molecule has 134 valence electrons. The number of rotatable bonds is 6. The van der Waals surface area contributed by atoms with E-state index in [4.69, 9.17) is 0 Å². The first-order valence-electron chi connectivity index (χ1n) is 8.72. The molecule has 0 fully saturated rings. The smallest absolute Gasteiger partial charge is 0.275 e. The van der Waals surface area contributed by atoms with Crippen molar-refractivity contribution in [3.63, 3.8) is 0 Å². The molecule has 6 heteroatoms. The second-order valence-electron chi connectivity index (χ2n) is 5.96. The van der Waals surface area contributed by atoms with E-state index in [1.165, 1.54) is 4.68 Å². The maximum atomic E-state index is 12.4. The van der Waals surface area contributed by atoms with Crippen LogP contribution in [0, 0.1) is 0 Å². The third-order valence-electron chi connectivity index (χ3n) is 4.33. The second kappa shape index (κ2) is 7.82. The van der Waals surface area contributed by atoms with Crippen molar-refractivity contribution in [3.8, 4) is 0 Å². The Balaban J connectivity index is 1.71. The highest BCUT2D eigenvalue weighted by Gasteiger charge is 2.09. The van der Waals surface area contributed by atoms with E-state index in [1.807, 2.05) is 36.4 Å². The van der Waals surface area contributed by atoms with Crippen LogP contribution in [0.15, 0.2) is 59.5 Å². The van der Waals surface area contributed by atoms with Crippen LogP contribution in [0.3, 0.4) is 0 Å². The van der Waals surface area contributed by atoms with E-state index < -0.39 is 0 Å². The highest BCUT2D eigenvalue weighted by atomic mass is 16.2. The van der Waals surface area contributed by atoms with Gasteiger partial charge in [-0.1, -0.05) is 18.2 Å². The van der Waals surface area contributed by atoms with Crippen LogP contribution in [0.2, 0.25) is 0 Å². The summed E-state index contributed by atoms with van der Waals surface area (Å²) < 4.78 is 1.18. The Morgan fingerprint density at radius 1 is 1.08 bits per heavy atom. The van der Waals surface area contributed by atoms with Crippen LogP contribution in [-0.2, 0) is 11.3 Å². The zero-order valence-corrected chi connectivity index (χ0v) is 15.0. The number of carbonyl (C=O) groups excluding carboxylic acids is 1. The summed E-state index contributed by atoms with van der Waals surface area (Å²) in [5.41, 5.74) is 1.54. The number of fused-ring (bicyclic) bond motifs is 1. The third-order valence-corrected chi connectivity index (χ3v) is 4.33. The number of hydrogen-bond donors (Lipinski definition) is 1. The number of hydrogen-bond acceptors (Lipinski definition) is 4. The van der Waals surface area contributed by atoms with Crippen molar-refractivity contribution in [1.29, 1.82) is 0 Å². The standard InChI is InChI=1S/C20H22N4O2/c1-3-23(4-2)17-11-9-16(10-12-17)22-19(25)14-24-20(26)18-8-6-5-7-15(18)13-21-24/h5-13H,3-4,14H2,1-2H3,(H,22,25). The Kier molecular flexibility index (Phi) is 5.31. The molecule has 0 saturated carbocycles. The average Bonchev–Trinajstić information content (AvgIpc) is 2.66. The molecule has 1 aromatic heterocycles. The van der Waals surface area contributed by atoms with Gasteiger partial charge >= 0.3 is 0 Å². The molecule has 2 aromatic carbocycles. The highest BCUT2D eigenvalue weighted by Crippen LogP contribution is 2.17. The van der Waals surface area contributed by atoms with E-state index in [0.717, 1.165) is 24.2 Å². The van der Waals surface area contributed by atoms with Crippen LogP contribution < -0.4 is 15.8 Å². The van der Waals surface area contributed by atoms with Gasteiger partial charge in [0.2, 0.25) is 5.91 Å². The van der Waals surface area contributed by atoms with Gasteiger partial charge in [0.15, 0.2) is 0 Å². The van der Waals surface area contributed by atoms with Gasteiger partial charge < -0.3 is 10.2 Å². The van der Waals surface area contributed by atoms with Crippen LogP contribution in [0.5, 0.6) is 0 Å². The predicted octanol–water partition coefficient (Wildman–Crippen LogP) is 2.88. The van der Waals surface area contributed by atoms with Gasteiger partial charge in [-0.25, -0.2) is 4.68 Å². The van der Waals surface area contributed by atoms with Crippen molar-refractivity contribution in [3.05, 3.63) is 65.1 Å². The molecule has 3 rings (SSSR count). The van der Waals surface area contributed by atoms with Gasteiger partial charge in [-0.05, 0) is 44.2 Å². The van der Waals surface area contributed by atoms with Gasteiger partial charge in [0, 0.05) is 29.9 Å². The number of carbonyl (C=O) groups is 1. The largest absolute Gasteiger partial charge is 0.372 e. The van der Waals surface area contributed by atoms with Crippen LogP contribution >= 0.6 is 0 Å². The predicted molar refractivity (Wildman–Crippen MR) is 105 cm³/mol. The maximum absolute atomic E-state index is 12.4. The van der Waals surface area contributed by atoms with E-state index in [2.05, 4.69) is 29.2 Å². The van der Waals surface area contributed by atoms with E-state index in [9.17, 15) is 9.59 Å². The Bertz CT molecular complexity index is 959. The number of nitrogens with one attached hydrogen (secondary N) is 1. The molecule has 0 radical (unpaired) electrons. The fourth-order valence-corrected chi connectivity index (χ4v) is 2.92. The van der Waals surface area contributed by atoms with Gasteiger partial charge in [0.25, 0.3) is 5.56 Å². The lowest BCUT2D eigenvalue weighted by molar-refractivity contribution is -0.117. The molecule has 0 atom stereocenters. The first-order chi connectivity index (χ1) is 12.6. The van der Waals surface area contributed by atoms with Gasteiger partial charge in [0.05, 0.1) is 11.6 Å². The summed E-state index contributed by atoms with van der Waals surface area (Å²) in [6.07, 6.45) is 1.60. The molecule has 0 aliphatic rings. The molecule has 0 spiro atoms. The molecule has 1 amide bonds. The van der Waals surface area contributed by atoms with Crippen molar-refractivity contribution in [2.75, 3.05) is 23.3 Å². The maximum Gasteiger partial charge on any atom is 0.275 e. The van der Waals surface area contributed by atoms with Crippen molar-refractivity contribution in [2.24, 2.45) is 0 Å². The molecule has 3 aromatic rings. The topological polar surface area (TPSA) is 67.2 Å². The fraction of sp³-hybridized carbons (Fsp3) is 0.250. The minimum absolute atomic E-state index is 0.124. The Morgan fingerprint density at radius 3 is 2.46 bits per heavy atom. The van der Waals surface area contributed by atoms with Gasteiger partial charge in [-0.15, -0.1) is 0 Å². The van der Waals surface area contributed by atoms with E-state index in [1.54, 1.807) is 18.3 Å². The zero-order valence-electron chi connectivity index (χ0n) is 15.0. The first-order valence-corrected chi connectivity index (χ1v) is 8.72. The number of anilines is 2. The monoisotopic (exact) mass is 350 g/mol. The number of aromatic nitrogens is 2. The zero-order chi connectivity index (χ0) is 18.5. The number of benzene rings is 2. The SMILES string of the molecule is CCN(CC)c1ccc(NC(=O)Cn2ncc3ccccc3c2=O)cc1. The van der Waals surface area contributed by atoms with Crippen LogP contribution in [0.4, 0.5) is 11.4 Å². The molecule has 0 aliphatic heterocycles. The Morgan fingerprint density at radius 2 is 1.77 bits per heavy atom. The average molecular weight is 350 g/mol. The minimum Gasteiger partial charge on any atom is -0.372 e.